The van der Waals surface area contributed by atoms with E-state index in [1.54, 1.807) is 0 Å². The highest BCUT2D eigenvalue weighted by molar-refractivity contribution is 14.1. The molecule has 24 heavy (non-hydrogen) atoms. The van der Waals surface area contributed by atoms with Gasteiger partial charge in [0.2, 0.25) is 0 Å². The fraction of sp³-hybridized carbons (Fsp3) is 0.895. The highest BCUT2D eigenvalue weighted by Gasteiger charge is 2.45. The summed E-state index contributed by atoms with van der Waals surface area (Å²) >= 11 is 2.47. The van der Waals surface area contributed by atoms with E-state index in [0.29, 0.717) is 0 Å². The lowest BCUT2D eigenvalue weighted by atomic mass is 9.79. The van der Waals surface area contributed by atoms with Crippen molar-refractivity contribution in [2.24, 2.45) is 5.41 Å². The summed E-state index contributed by atoms with van der Waals surface area (Å²) in [4.78, 5) is 0. The second kappa shape index (κ2) is 9.15. The minimum absolute atomic E-state index is 0.0481. The molecule has 0 aromatic rings. The SMILES string of the molecule is C/C=C/[C@H](O[Si](C)(C)C(C)(C)C)C(C)(C)[C@H](CCI)O[Si](C)(C)C. The van der Waals surface area contributed by atoms with Crippen molar-refractivity contribution < 1.29 is 8.85 Å². The summed E-state index contributed by atoms with van der Waals surface area (Å²) in [7, 11) is -3.44. The normalized spacial score (nSPS) is 17.3. The number of alkyl halides is 1. The Labute approximate surface area is 167 Å². The third-order valence-corrected chi connectivity index (χ3v) is 11.1. The molecule has 0 aliphatic carbocycles. The lowest BCUT2D eigenvalue weighted by molar-refractivity contribution is -0.0103. The van der Waals surface area contributed by atoms with Crippen LogP contribution in [0.5, 0.6) is 0 Å². The van der Waals surface area contributed by atoms with Crippen LogP contribution in [-0.4, -0.2) is 33.3 Å². The molecule has 0 N–H and O–H groups in total. The number of hydrogen-bond donors (Lipinski definition) is 0. The first-order chi connectivity index (χ1) is 10.6. The van der Waals surface area contributed by atoms with Crippen LogP contribution in [0.15, 0.2) is 12.2 Å². The lowest BCUT2D eigenvalue weighted by Gasteiger charge is -2.47. The Hall–Kier alpha value is 0.824. The Morgan fingerprint density at radius 3 is 1.79 bits per heavy atom. The van der Waals surface area contributed by atoms with Crippen molar-refractivity contribution in [3.8, 4) is 0 Å². The van der Waals surface area contributed by atoms with Crippen molar-refractivity contribution in [1.82, 2.24) is 0 Å². The minimum atomic E-state index is -1.84. The summed E-state index contributed by atoms with van der Waals surface area (Å²) in [5.41, 5.74) is -0.0481. The van der Waals surface area contributed by atoms with Crippen LogP contribution in [0.1, 0.15) is 48.0 Å². The standard InChI is InChI=1S/C19H41IO2Si2/c1-12-13-16(22-24(10,11)18(2,3)4)19(5,6)17(14-15-20)21-23(7,8)9/h12-13,16-17H,14-15H2,1-11H3/b13-12+/t16-,17-/m0/s1. The maximum absolute atomic E-state index is 6.83. The van der Waals surface area contributed by atoms with Gasteiger partial charge < -0.3 is 8.85 Å². The average Bonchev–Trinajstić information content (AvgIpc) is 2.34. The first-order valence-electron chi connectivity index (χ1n) is 9.13. The average molecular weight is 485 g/mol. The van der Waals surface area contributed by atoms with Gasteiger partial charge in [-0.25, -0.2) is 0 Å². The summed E-state index contributed by atoms with van der Waals surface area (Å²) in [6.07, 6.45) is 5.77. The van der Waals surface area contributed by atoms with E-state index in [2.05, 4.69) is 109 Å². The fourth-order valence-corrected chi connectivity index (χ4v) is 5.61. The van der Waals surface area contributed by atoms with Gasteiger partial charge in [0.1, 0.15) is 0 Å². The minimum Gasteiger partial charge on any atom is -0.414 e. The smallest absolute Gasteiger partial charge is 0.192 e. The lowest BCUT2D eigenvalue weighted by Crippen LogP contribution is -2.52. The van der Waals surface area contributed by atoms with Crippen LogP contribution in [0, 0.1) is 5.41 Å². The van der Waals surface area contributed by atoms with E-state index in [0.717, 1.165) is 10.8 Å². The van der Waals surface area contributed by atoms with Gasteiger partial charge in [-0.1, -0.05) is 69.4 Å². The molecule has 0 aliphatic heterocycles. The van der Waals surface area contributed by atoms with E-state index in [-0.39, 0.29) is 22.7 Å². The van der Waals surface area contributed by atoms with Gasteiger partial charge in [0, 0.05) is 9.84 Å². The Kier molecular flexibility index (Phi) is 9.47. The predicted molar refractivity (Wildman–Crippen MR) is 122 cm³/mol. The third-order valence-electron chi connectivity index (χ3n) is 5.03. The first-order valence-corrected chi connectivity index (χ1v) is 17.0. The number of hydrogen-bond acceptors (Lipinski definition) is 2. The maximum Gasteiger partial charge on any atom is 0.192 e. The zero-order valence-corrected chi connectivity index (χ0v) is 22.1. The number of allylic oxidation sites excluding steroid dienone is 1. The van der Waals surface area contributed by atoms with E-state index in [1.807, 2.05) is 0 Å². The molecule has 0 fully saturated rings. The molecule has 0 spiro atoms. The molecular weight excluding hydrogens is 443 g/mol. The topological polar surface area (TPSA) is 18.5 Å². The molecule has 0 saturated carbocycles. The van der Waals surface area contributed by atoms with E-state index in [9.17, 15) is 0 Å². The van der Waals surface area contributed by atoms with Gasteiger partial charge in [-0.3, -0.25) is 0 Å². The van der Waals surface area contributed by atoms with Crippen LogP contribution < -0.4 is 0 Å². The summed E-state index contributed by atoms with van der Waals surface area (Å²) in [5, 5.41) is 0.210. The Bertz CT molecular complexity index is 407. The predicted octanol–water partition coefficient (Wildman–Crippen LogP) is 7.02. The molecule has 0 unspecified atom stereocenters. The second-order valence-electron chi connectivity index (χ2n) is 9.84. The largest absolute Gasteiger partial charge is 0.414 e. The summed E-state index contributed by atoms with van der Waals surface area (Å²) in [5.74, 6) is 0. The van der Waals surface area contributed by atoms with Crippen molar-refractivity contribution >= 4 is 39.2 Å². The Morgan fingerprint density at radius 1 is 0.958 bits per heavy atom. The molecule has 144 valence electrons. The highest BCUT2D eigenvalue weighted by atomic mass is 127. The first kappa shape index (κ1) is 24.8. The molecule has 0 saturated heterocycles. The quantitative estimate of drug-likeness (QED) is 0.151. The van der Waals surface area contributed by atoms with E-state index in [1.165, 1.54) is 0 Å². The molecule has 0 bridgehead atoms. The Balaban J connectivity index is 5.65. The van der Waals surface area contributed by atoms with E-state index in [4.69, 9.17) is 8.85 Å². The molecule has 0 amide bonds. The van der Waals surface area contributed by atoms with E-state index < -0.39 is 16.6 Å². The second-order valence-corrected chi connectivity index (χ2v) is 20.1. The van der Waals surface area contributed by atoms with Crippen molar-refractivity contribution in [1.29, 1.82) is 0 Å². The van der Waals surface area contributed by atoms with Crippen LogP contribution in [0.2, 0.25) is 37.8 Å². The van der Waals surface area contributed by atoms with Crippen molar-refractivity contribution in [2.45, 2.75) is 97.9 Å². The summed E-state index contributed by atoms with van der Waals surface area (Å²) in [6.45, 7) is 25.2. The van der Waals surface area contributed by atoms with E-state index >= 15 is 0 Å². The highest BCUT2D eigenvalue weighted by Crippen LogP contribution is 2.42. The Morgan fingerprint density at radius 2 is 1.46 bits per heavy atom. The zero-order valence-electron chi connectivity index (χ0n) is 17.9. The van der Waals surface area contributed by atoms with Gasteiger partial charge in [0.05, 0.1) is 12.2 Å². The molecule has 0 aromatic heterocycles. The van der Waals surface area contributed by atoms with Crippen molar-refractivity contribution in [2.75, 3.05) is 4.43 Å². The van der Waals surface area contributed by atoms with Gasteiger partial charge in [0.15, 0.2) is 16.6 Å². The third kappa shape index (κ3) is 7.60. The number of rotatable bonds is 9. The van der Waals surface area contributed by atoms with Crippen LogP contribution in [0.25, 0.3) is 0 Å². The number of halogens is 1. The van der Waals surface area contributed by atoms with Crippen LogP contribution >= 0.6 is 22.6 Å². The fourth-order valence-electron chi connectivity index (χ4n) is 2.40. The van der Waals surface area contributed by atoms with Gasteiger partial charge in [-0.15, -0.1) is 0 Å². The molecule has 0 aliphatic rings. The monoisotopic (exact) mass is 484 g/mol. The van der Waals surface area contributed by atoms with Crippen LogP contribution in [0.4, 0.5) is 0 Å². The van der Waals surface area contributed by atoms with Crippen LogP contribution in [0.3, 0.4) is 0 Å². The molecule has 0 radical (unpaired) electrons. The van der Waals surface area contributed by atoms with Crippen LogP contribution in [-0.2, 0) is 8.85 Å². The molecule has 0 heterocycles. The van der Waals surface area contributed by atoms with Crippen molar-refractivity contribution in [3.63, 3.8) is 0 Å². The molecule has 0 rings (SSSR count). The summed E-state index contributed by atoms with van der Waals surface area (Å²) in [6, 6.07) is 0. The zero-order chi connectivity index (χ0) is 19.4. The van der Waals surface area contributed by atoms with Gasteiger partial charge in [-0.2, -0.15) is 0 Å². The maximum atomic E-state index is 6.83. The van der Waals surface area contributed by atoms with Gasteiger partial charge in [-0.05, 0) is 51.1 Å². The van der Waals surface area contributed by atoms with Gasteiger partial charge >= 0.3 is 0 Å². The molecule has 2 atom stereocenters. The molecular formula is C19H41IO2Si2. The van der Waals surface area contributed by atoms with Gasteiger partial charge in [0.25, 0.3) is 0 Å². The summed E-state index contributed by atoms with van der Waals surface area (Å²) < 4.78 is 14.6. The molecule has 0 aromatic carbocycles. The molecule has 2 nitrogen and oxygen atoms in total. The van der Waals surface area contributed by atoms with Crippen molar-refractivity contribution in [3.05, 3.63) is 12.2 Å². The molecule has 5 heteroatoms.